The predicted molar refractivity (Wildman–Crippen MR) is 85.8 cm³/mol. The van der Waals surface area contributed by atoms with Gasteiger partial charge in [0.2, 0.25) is 5.91 Å². The molecule has 0 aliphatic rings. The van der Waals surface area contributed by atoms with Gasteiger partial charge in [-0.1, -0.05) is 35.9 Å². The van der Waals surface area contributed by atoms with Crippen LogP contribution >= 0.6 is 11.6 Å². The van der Waals surface area contributed by atoms with Crippen molar-refractivity contribution >= 4 is 17.5 Å². The molecule has 0 spiro atoms. The van der Waals surface area contributed by atoms with Gasteiger partial charge < -0.3 is 15.5 Å². The number of nitrogens with one attached hydrogen (secondary N) is 1. The first-order valence-electron chi connectivity index (χ1n) is 7.03. The Labute approximate surface area is 134 Å². The number of benzene rings is 2. The van der Waals surface area contributed by atoms with E-state index in [2.05, 4.69) is 5.32 Å². The summed E-state index contributed by atoms with van der Waals surface area (Å²) >= 11 is 5.86. The van der Waals surface area contributed by atoms with E-state index in [4.69, 9.17) is 11.6 Å². The molecule has 0 radical (unpaired) electrons. The van der Waals surface area contributed by atoms with Gasteiger partial charge in [-0.2, -0.15) is 0 Å². The van der Waals surface area contributed by atoms with Crippen LogP contribution in [0, 0.1) is 0 Å². The Kier molecular flexibility index (Phi) is 5.81. The van der Waals surface area contributed by atoms with E-state index in [1.807, 2.05) is 6.07 Å². The molecule has 1 unspecified atom stereocenters. The van der Waals surface area contributed by atoms with Gasteiger partial charge in [-0.3, -0.25) is 4.79 Å². The number of amides is 1. The minimum absolute atomic E-state index is 0.138. The maximum absolute atomic E-state index is 11.8. The first-order valence-corrected chi connectivity index (χ1v) is 7.40. The van der Waals surface area contributed by atoms with Gasteiger partial charge in [0.05, 0.1) is 6.10 Å². The average Bonchev–Trinajstić information content (AvgIpc) is 2.50. The van der Waals surface area contributed by atoms with Gasteiger partial charge in [-0.05, 0) is 41.8 Å². The van der Waals surface area contributed by atoms with Gasteiger partial charge in [0.25, 0.3) is 0 Å². The summed E-state index contributed by atoms with van der Waals surface area (Å²) in [5.74, 6) is 0.0405. The average molecular weight is 320 g/mol. The van der Waals surface area contributed by atoms with Gasteiger partial charge >= 0.3 is 0 Å². The fraction of sp³-hybridized carbons (Fsp3) is 0.235. The molecule has 3 N–H and O–H groups in total. The molecule has 22 heavy (non-hydrogen) atoms. The Balaban J connectivity index is 1.78. The Morgan fingerprint density at radius 3 is 2.68 bits per heavy atom. The first-order chi connectivity index (χ1) is 10.5. The lowest BCUT2D eigenvalue weighted by atomic mass is 10.1. The summed E-state index contributed by atoms with van der Waals surface area (Å²) in [5, 5.41) is 22.6. The van der Waals surface area contributed by atoms with Gasteiger partial charge in [0.1, 0.15) is 5.75 Å². The molecular formula is C17H18ClNO3. The Morgan fingerprint density at radius 2 is 1.95 bits per heavy atom. The number of hydrogen-bond acceptors (Lipinski definition) is 3. The number of phenols is 1. The highest BCUT2D eigenvalue weighted by molar-refractivity contribution is 6.30. The maximum Gasteiger partial charge on any atom is 0.220 e. The monoisotopic (exact) mass is 319 g/mol. The number of hydrogen-bond donors (Lipinski definition) is 3. The van der Waals surface area contributed by atoms with Crippen molar-refractivity contribution in [3.8, 4) is 5.75 Å². The molecular weight excluding hydrogens is 302 g/mol. The summed E-state index contributed by atoms with van der Waals surface area (Å²) in [4.78, 5) is 11.8. The highest BCUT2D eigenvalue weighted by Gasteiger charge is 2.10. The Bertz CT molecular complexity index is 645. The lowest BCUT2D eigenvalue weighted by molar-refractivity contribution is -0.121. The summed E-state index contributed by atoms with van der Waals surface area (Å²) in [6.45, 7) is 0.138. The second-order valence-corrected chi connectivity index (χ2v) is 5.48. The van der Waals surface area contributed by atoms with E-state index in [1.54, 1.807) is 42.5 Å². The zero-order valence-electron chi connectivity index (χ0n) is 12.0. The molecule has 116 valence electrons. The number of aromatic hydroxyl groups is 1. The van der Waals surface area contributed by atoms with Crippen LogP contribution in [0.1, 0.15) is 23.7 Å². The van der Waals surface area contributed by atoms with Crippen molar-refractivity contribution in [3.63, 3.8) is 0 Å². The maximum atomic E-state index is 11.8. The molecule has 1 amide bonds. The van der Waals surface area contributed by atoms with Crippen LogP contribution in [-0.4, -0.2) is 22.7 Å². The van der Waals surface area contributed by atoms with E-state index in [0.29, 0.717) is 23.4 Å². The van der Waals surface area contributed by atoms with Gasteiger partial charge in [0, 0.05) is 18.0 Å². The van der Waals surface area contributed by atoms with E-state index < -0.39 is 6.10 Å². The third-order valence-electron chi connectivity index (χ3n) is 3.28. The number of phenolic OH excluding ortho intramolecular Hbond substituents is 1. The minimum atomic E-state index is -0.789. The van der Waals surface area contributed by atoms with Crippen LogP contribution in [-0.2, 0) is 11.2 Å². The standard InChI is InChI=1S/C17H18ClNO3/c18-14-5-2-4-13(10-14)16(21)11-19-17(22)8-7-12-3-1-6-15(20)9-12/h1-6,9-10,16,20-21H,7-8,11H2,(H,19,22). The molecule has 0 aromatic heterocycles. The zero-order valence-corrected chi connectivity index (χ0v) is 12.8. The lowest BCUT2D eigenvalue weighted by Gasteiger charge is -2.12. The Hall–Kier alpha value is -2.04. The van der Waals surface area contributed by atoms with Crippen molar-refractivity contribution < 1.29 is 15.0 Å². The molecule has 2 aromatic rings. The number of carbonyl (C=O) groups excluding carboxylic acids is 1. The summed E-state index contributed by atoms with van der Waals surface area (Å²) in [6, 6.07) is 13.7. The SMILES string of the molecule is O=C(CCc1cccc(O)c1)NCC(O)c1cccc(Cl)c1. The molecule has 1 atom stereocenters. The summed E-state index contributed by atoms with van der Waals surface area (Å²) < 4.78 is 0. The van der Waals surface area contributed by atoms with Crippen molar-refractivity contribution in [2.45, 2.75) is 18.9 Å². The number of aliphatic hydroxyl groups is 1. The van der Waals surface area contributed by atoms with E-state index in [9.17, 15) is 15.0 Å². The van der Waals surface area contributed by atoms with Crippen LogP contribution in [0.3, 0.4) is 0 Å². The fourth-order valence-corrected chi connectivity index (χ4v) is 2.30. The largest absolute Gasteiger partial charge is 0.508 e. The second kappa shape index (κ2) is 7.82. The van der Waals surface area contributed by atoms with Gasteiger partial charge in [0.15, 0.2) is 0 Å². The summed E-state index contributed by atoms with van der Waals surface area (Å²) in [7, 11) is 0. The molecule has 0 heterocycles. The van der Waals surface area contributed by atoms with Crippen molar-refractivity contribution in [3.05, 3.63) is 64.7 Å². The van der Waals surface area contributed by atoms with Gasteiger partial charge in [-0.25, -0.2) is 0 Å². The highest BCUT2D eigenvalue weighted by atomic mass is 35.5. The second-order valence-electron chi connectivity index (χ2n) is 5.04. The number of carbonyl (C=O) groups is 1. The molecule has 0 bridgehead atoms. The van der Waals surface area contributed by atoms with Crippen molar-refractivity contribution in [1.82, 2.24) is 5.32 Å². The van der Waals surface area contributed by atoms with Crippen LogP contribution in [0.15, 0.2) is 48.5 Å². The molecule has 2 rings (SSSR count). The smallest absolute Gasteiger partial charge is 0.220 e. The van der Waals surface area contributed by atoms with Crippen LogP contribution in [0.25, 0.3) is 0 Å². The van der Waals surface area contributed by atoms with Crippen LogP contribution in [0.2, 0.25) is 5.02 Å². The number of rotatable bonds is 6. The molecule has 5 heteroatoms. The number of halogens is 1. The molecule has 4 nitrogen and oxygen atoms in total. The molecule has 0 saturated heterocycles. The quantitative estimate of drug-likeness (QED) is 0.767. The van der Waals surface area contributed by atoms with E-state index in [0.717, 1.165) is 5.56 Å². The highest BCUT2D eigenvalue weighted by Crippen LogP contribution is 2.17. The van der Waals surface area contributed by atoms with Crippen LogP contribution in [0.5, 0.6) is 5.75 Å². The number of aliphatic hydroxyl groups excluding tert-OH is 1. The summed E-state index contributed by atoms with van der Waals surface area (Å²) in [5.41, 5.74) is 1.56. The molecule has 0 aliphatic heterocycles. The van der Waals surface area contributed by atoms with E-state index in [1.165, 1.54) is 0 Å². The van der Waals surface area contributed by atoms with Gasteiger partial charge in [-0.15, -0.1) is 0 Å². The van der Waals surface area contributed by atoms with Crippen LogP contribution in [0.4, 0.5) is 0 Å². The molecule has 2 aromatic carbocycles. The third kappa shape index (κ3) is 5.06. The van der Waals surface area contributed by atoms with Crippen molar-refractivity contribution in [2.24, 2.45) is 0 Å². The third-order valence-corrected chi connectivity index (χ3v) is 3.51. The van der Waals surface area contributed by atoms with Crippen molar-refractivity contribution in [1.29, 1.82) is 0 Å². The van der Waals surface area contributed by atoms with Crippen molar-refractivity contribution in [2.75, 3.05) is 6.54 Å². The molecule has 0 aliphatic carbocycles. The Morgan fingerprint density at radius 1 is 1.18 bits per heavy atom. The topological polar surface area (TPSA) is 69.6 Å². The van der Waals surface area contributed by atoms with Crippen LogP contribution < -0.4 is 5.32 Å². The zero-order chi connectivity index (χ0) is 15.9. The molecule has 0 saturated carbocycles. The summed E-state index contributed by atoms with van der Waals surface area (Å²) in [6.07, 6.45) is 0.0441. The predicted octanol–water partition coefficient (Wildman–Crippen LogP) is 2.83. The normalized spacial score (nSPS) is 11.9. The minimum Gasteiger partial charge on any atom is -0.508 e. The first kappa shape index (κ1) is 16.3. The fourth-order valence-electron chi connectivity index (χ4n) is 2.10. The molecule has 0 fully saturated rings. The lowest BCUT2D eigenvalue weighted by Crippen LogP contribution is -2.28. The number of aryl methyl sites for hydroxylation is 1. The van der Waals surface area contributed by atoms with E-state index >= 15 is 0 Å². The van der Waals surface area contributed by atoms with E-state index in [-0.39, 0.29) is 18.2 Å².